The fourth-order valence-corrected chi connectivity index (χ4v) is 1.49. The summed E-state index contributed by atoms with van der Waals surface area (Å²) in [6, 6.07) is 0.766. The molecule has 3 nitrogen and oxygen atoms in total. The molecule has 0 saturated carbocycles. The molecule has 0 bridgehead atoms. The van der Waals surface area contributed by atoms with Crippen molar-refractivity contribution in [1.29, 1.82) is 0 Å². The summed E-state index contributed by atoms with van der Waals surface area (Å²) >= 11 is 0. The number of rotatable bonds is 5. The second-order valence-electron chi connectivity index (χ2n) is 5.05. The second kappa shape index (κ2) is 4.78. The molecule has 0 rings (SSSR count). The zero-order valence-electron chi connectivity index (χ0n) is 10.2. The maximum atomic E-state index is 11.0. The summed E-state index contributed by atoms with van der Waals surface area (Å²) < 4.78 is 0. The van der Waals surface area contributed by atoms with E-state index in [9.17, 15) is 4.79 Å². The summed E-state index contributed by atoms with van der Waals surface area (Å²) in [4.78, 5) is 13.2. The van der Waals surface area contributed by atoms with Gasteiger partial charge >= 0.3 is 5.97 Å². The molecule has 0 fully saturated rings. The van der Waals surface area contributed by atoms with Crippen molar-refractivity contribution in [2.45, 2.75) is 53.6 Å². The maximum absolute atomic E-state index is 11.0. The van der Waals surface area contributed by atoms with Crippen LogP contribution < -0.4 is 0 Å². The van der Waals surface area contributed by atoms with E-state index in [1.165, 1.54) is 0 Å². The molecule has 0 aromatic heterocycles. The van der Waals surface area contributed by atoms with E-state index in [1.54, 1.807) is 13.8 Å². The standard InChI is InChI=1S/C11H23NO2/c1-8(2)12(9(3)4)7-11(5,6)10(13)14/h8-9H,7H2,1-6H3,(H,13,14). The first-order valence-electron chi connectivity index (χ1n) is 5.17. The van der Waals surface area contributed by atoms with Gasteiger partial charge in [-0.3, -0.25) is 9.69 Å². The summed E-state index contributed by atoms with van der Waals surface area (Å²) in [5, 5.41) is 9.03. The number of carboxylic acid groups (broad SMARTS) is 1. The van der Waals surface area contributed by atoms with E-state index in [2.05, 4.69) is 32.6 Å². The molecule has 0 amide bonds. The van der Waals surface area contributed by atoms with Crippen molar-refractivity contribution in [3.63, 3.8) is 0 Å². The van der Waals surface area contributed by atoms with E-state index < -0.39 is 11.4 Å². The Labute approximate surface area is 87.1 Å². The molecule has 84 valence electrons. The Kier molecular flexibility index (Phi) is 4.59. The van der Waals surface area contributed by atoms with Crippen molar-refractivity contribution < 1.29 is 9.90 Å². The first kappa shape index (κ1) is 13.4. The average Bonchev–Trinajstić information content (AvgIpc) is 1.98. The summed E-state index contributed by atoms with van der Waals surface area (Å²) in [7, 11) is 0. The number of carboxylic acids is 1. The zero-order chi connectivity index (χ0) is 11.5. The lowest BCUT2D eigenvalue weighted by molar-refractivity contribution is -0.148. The quantitative estimate of drug-likeness (QED) is 0.741. The lowest BCUT2D eigenvalue weighted by Gasteiger charge is -2.35. The van der Waals surface area contributed by atoms with Crippen LogP contribution in [-0.2, 0) is 4.79 Å². The van der Waals surface area contributed by atoms with Crippen LogP contribution >= 0.6 is 0 Å². The number of hydrogen-bond acceptors (Lipinski definition) is 2. The number of carbonyl (C=O) groups is 1. The minimum atomic E-state index is -0.733. The lowest BCUT2D eigenvalue weighted by atomic mass is 9.92. The highest BCUT2D eigenvalue weighted by atomic mass is 16.4. The Balaban J connectivity index is 4.52. The van der Waals surface area contributed by atoms with Gasteiger partial charge < -0.3 is 5.11 Å². The van der Waals surface area contributed by atoms with Crippen LogP contribution in [0, 0.1) is 5.41 Å². The third kappa shape index (κ3) is 3.66. The van der Waals surface area contributed by atoms with Crippen LogP contribution in [0.1, 0.15) is 41.5 Å². The highest BCUT2D eigenvalue weighted by Gasteiger charge is 2.31. The number of aliphatic carboxylic acids is 1. The average molecular weight is 201 g/mol. The van der Waals surface area contributed by atoms with E-state index >= 15 is 0 Å². The Morgan fingerprint density at radius 1 is 1.21 bits per heavy atom. The van der Waals surface area contributed by atoms with Crippen molar-refractivity contribution in [2.75, 3.05) is 6.54 Å². The third-order valence-corrected chi connectivity index (χ3v) is 2.48. The van der Waals surface area contributed by atoms with Gasteiger partial charge in [0.15, 0.2) is 0 Å². The van der Waals surface area contributed by atoms with Crippen molar-refractivity contribution in [2.24, 2.45) is 5.41 Å². The van der Waals surface area contributed by atoms with Gasteiger partial charge in [-0.1, -0.05) is 0 Å². The van der Waals surface area contributed by atoms with E-state index in [1.807, 2.05) is 0 Å². The molecule has 0 aliphatic carbocycles. The van der Waals surface area contributed by atoms with Crippen LogP contribution in [0.2, 0.25) is 0 Å². The summed E-state index contributed by atoms with van der Waals surface area (Å²) in [6.45, 7) is 12.5. The molecule has 0 saturated heterocycles. The molecule has 14 heavy (non-hydrogen) atoms. The van der Waals surface area contributed by atoms with Gasteiger partial charge in [-0.05, 0) is 41.5 Å². The normalized spacial score (nSPS) is 12.9. The van der Waals surface area contributed by atoms with E-state index in [-0.39, 0.29) is 0 Å². The summed E-state index contributed by atoms with van der Waals surface area (Å²) in [6.07, 6.45) is 0. The lowest BCUT2D eigenvalue weighted by Crippen LogP contribution is -2.45. The van der Waals surface area contributed by atoms with E-state index in [4.69, 9.17) is 5.11 Å². The van der Waals surface area contributed by atoms with Crippen LogP contribution in [-0.4, -0.2) is 34.6 Å². The summed E-state index contributed by atoms with van der Waals surface area (Å²) in [5.74, 6) is -0.733. The topological polar surface area (TPSA) is 40.5 Å². The van der Waals surface area contributed by atoms with Crippen LogP contribution in [0.4, 0.5) is 0 Å². The third-order valence-electron chi connectivity index (χ3n) is 2.48. The predicted molar refractivity (Wildman–Crippen MR) is 58.4 cm³/mol. The molecule has 0 aromatic carbocycles. The molecular formula is C11H23NO2. The first-order chi connectivity index (χ1) is 6.18. The highest BCUT2D eigenvalue weighted by Crippen LogP contribution is 2.20. The van der Waals surface area contributed by atoms with Crippen molar-refractivity contribution in [3.05, 3.63) is 0 Å². The molecule has 0 spiro atoms. The first-order valence-corrected chi connectivity index (χ1v) is 5.17. The van der Waals surface area contributed by atoms with Gasteiger partial charge in [-0.2, -0.15) is 0 Å². The molecule has 0 unspecified atom stereocenters. The SMILES string of the molecule is CC(C)N(CC(C)(C)C(=O)O)C(C)C. The predicted octanol–water partition coefficient (Wildman–Crippen LogP) is 2.22. The Morgan fingerprint density at radius 3 is 1.79 bits per heavy atom. The fourth-order valence-electron chi connectivity index (χ4n) is 1.49. The van der Waals surface area contributed by atoms with Crippen LogP contribution in [0.25, 0.3) is 0 Å². The largest absolute Gasteiger partial charge is 0.481 e. The number of hydrogen-bond donors (Lipinski definition) is 1. The monoisotopic (exact) mass is 201 g/mol. The van der Waals surface area contributed by atoms with Gasteiger partial charge in [0.2, 0.25) is 0 Å². The zero-order valence-corrected chi connectivity index (χ0v) is 10.2. The van der Waals surface area contributed by atoms with E-state index in [0.29, 0.717) is 18.6 Å². The van der Waals surface area contributed by atoms with Crippen LogP contribution in [0.15, 0.2) is 0 Å². The molecule has 1 N–H and O–H groups in total. The second-order valence-corrected chi connectivity index (χ2v) is 5.05. The number of nitrogens with zero attached hydrogens (tertiary/aromatic N) is 1. The molecule has 0 aliphatic heterocycles. The Morgan fingerprint density at radius 2 is 1.57 bits per heavy atom. The van der Waals surface area contributed by atoms with Crippen LogP contribution in [0.5, 0.6) is 0 Å². The van der Waals surface area contributed by atoms with Gasteiger partial charge in [-0.15, -0.1) is 0 Å². The van der Waals surface area contributed by atoms with Gasteiger partial charge in [0.1, 0.15) is 0 Å². The van der Waals surface area contributed by atoms with Gasteiger partial charge in [0.25, 0.3) is 0 Å². The van der Waals surface area contributed by atoms with Gasteiger partial charge in [0.05, 0.1) is 5.41 Å². The minimum Gasteiger partial charge on any atom is -0.481 e. The van der Waals surface area contributed by atoms with Crippen molar-refractivity contribution in [1.82, 2.24) is 4.90 Å². The highest BCUT2D eigenvalue weighted by molar-refractivity contribution is 5.73. The summed E-state index contributed by atoms with van der Waals surface area (Å²) in [5.41, 5.74) is -0.672. The molecule has 3 heteroatoms. The maximum Gasteiger partial charge on any atom is 0.310 e. The molecule has 0 heterocycles. The molecular weight excluding hydrogens is 178 g/mol. The molecule has 0 aliphatic rings. The fraction of sp³-hybridized carbons (Fsp3) is 0.909. The minimum absolute atomic E-state index is 0.383. The Bertz CT molecular complexity index is 189. The molecule has 0 radical (unpaired) electrons. The Hall–Kier alpha value is -0.570. The molecule has 0 aromatic rings. The molecule has 0 atom stereocenters. The van der Waals surface area contributed by atoms with Gasteiger partial charge in [-0.25, -0.2) is 0 Å². The van der Waals surface area contributed by atoms with Crippen molar-refractivity contribution in [3.8, 4) is 0 Å². The smallest absolute Gasteiger partial charge is 0.310 e. The van der Waals surface area contributed by atoms with Gasteiger partial charge in [0, 0.05) is 18.6 Å². The van der Waals surface area contributed by atoms with Crippen LogP contribution in [0.3, 0.4) is 0 Å². The van der Waals surface area contributed by atoms with E-state index in [0.717, 1.165) is 0 Å². The van der Waals surface area contributed by atoms with Crippen molar-refractivity contribution >= 4 is 5.97 Å².